The van der Waals surface area contributed by atoms with Gasteiger partial charge < -0.3 is 24.1 Å². The summed E-state index contributed by atoms with van der Waals surface area (Å²) in [5.41, 5.74) is 0. The Morgan fingerprint density at radius 1 is 0.941 bits per heavy atom. The molecular formula is C27H42O7. The molecule has 1 N–H and O–H groups in total. The van der Waals surface area contributed by atoms with Gasteiger partial charge in [-0.05, 0) is 31.9 Å². The Bertz CT molecular complexity index is 697. The van der Waals surface area contributed by atoms with Crippen LogP contribution in [-0.2, 0) is 28.5 Å². The van der Waals surface area contributed by atoms with Gasteiger partial charge in [-0.2, -0.15) is 0 Å². The minimum Gasteiger partial charge on any atom is -0.457 e. The molecule has 2 heterocycles. The van der Waals surface area contributed by atoms with Crippen LogP contribution in [0.2, 0.25) is 0 Å². The van der Waals surface area contributed by atoms with Crippen molar-refractivity contribution in [1.29, 1.82) is 0 Å². The molecule has 2 fully saturated rings. The van der Waals surface area contributed by atoms with Gasteiger partial charge in [0, 0.05) is 0 Å². The highest BCUT2D eigenvalue weighted by Gasteiger charge is 2.48. The first kappa shape index (κ1) is 28.3. The molecule has 2 rings (SSSR count). The highest BCUT2D eigenvalue weighted by molar-refractivity contribution is 5.78. The van der Waals surface area contributed by atoms with Crippen LogP contribution in [0.1, 0.15) is 84.5 Å². The predicted octanol–water partition coefficient (Wildman–Crippen LogP) is 4.93. The summed E-state index contributed by atoms with van der Waals surface area (Å²) in [6.07, 6.45) is 18.0. The van der Waals surface area contributed by atoms with Crippen LogP contribution in [-0.4, -0.2) is 54.7 Å². The highest BCUT2D eigenvalue weighted by Crippen LogP contribution is 2.29. The molecule has 4 atom stereocenters. The van der Waals surface area contributed by atoms with Crippen molar-refractivity contribution in [3.8, 4) is 0 Å². The first-order chi connectivity index (χ1) is 16.5. The lowest BCUT2D eigenvalue weighted by Crippen LogP contribution is -2.34. The van der Waals surface area contributed by atoms with E-state index in [0.29, 0.717) is 5.76 Å². The normalized spacial score (nSPS) is 24.7. The lowest BCUT2D eigenvalue weighted by molar-refractivity contribution is -0.156. The van der Waals surface area contributed by atoms with E-state index >= 15 is 0 Å². The average Bonchev–Trinajstić information content (AvgIpc) is 3.40. The third-order valence-corrected chi connectivity index (χ3v) is 5.99. The predicted molar refractivity (Wildman–Crippen MR) is 130 cm³/mol. The van der Waals surface area contributed by atoms with Crippen LogP contribution in [0.3, 0.4) is 0 Å². The van der Waals surface area contributed by atoms with Crippen molar-refractivity contribution in [2.75, 3.05) is 13.2 Å². The van der Waals surface area contributed by atoms with Gasteiger partial charge in [-0.1, -0.05) is 70.1 Å². The molecule has 2 aliphatic heterocycles. The second-order valence-electron chi connectivity index (χ2n) is 8.93. The Morgan fingerprint density at radius 3 is 2.35 bits per heavy atom. The molecule has 0 saturated carbocycles. The number of esters is 2. The van der Waals surface area contributed by atoms with Crippen LogP contribution in [0.15, 0.2) is 36.1 Å². The minimum absolute atomic E-state index is 0.0803. The second kappa shape index (κ2) is 16.6. The molecule has 192 valence electrons. The number of rotatable bonds is 16. The van der Waals surface area contributed by atoms with Crippen molar-refractivity contribution >= 4 is 11.9 Å². The Labute approximate surface area is 204 Å². The molecule has 0 aromatic rings. The maximum absolute atomic E-state index is 12.3. The molecule has 0 amide bonds. The molecule has 0 aromatic carbocycles. The number of fused-ring (bicyclic) bond motifs is 1. The number of aliphatic hydroxyl groups is 1. The second-order valence-corrected chi connectivity index (χ2v) is 8.93. The van der Waals surface area contributed by atoms with Crippen molar-refractivity contribution in [1.82, 2.24) is 0 Å². The van der Waals surface area contributed by atoms with Crippen molar-refractivity contribution in [2.45, 2.75) is 109 Å². The van der Waals surface area contributed by atoms with Gasteiger partial charge in [-0.25, -0.2) is 0 Å². The summed E-state index contributed by atoms with van der Waals surface area (Å²) in [5.74, 6) is -0.547. The maximum Gasteiger partial charge on any atom is 0.311 e. The molecule has 2 saturated heterocycles. The number of aliphatic hydroxyl groups excluding tert-OH is 1. The van der Waals surface area contributed by atoms with Crippen LogP contribution in [0.4, 0.5) is 0 Å². The zero-order valence-corrected chi connectivity index (χ0v) is 20.8. The van der Waals surface area contributed by atoms with Crippen molar-refractivity contribution in [3.05, 3.63) is 36.1 Å². The van der Waals surface area contributed by atoms with E-state index in [9.17, 15) is 14.7 Å². The first-order valence-corrected chi connectivity index (χ1v) is 12.9. The van der Waals surface area contributed by atoms with E-state index in [4.69, 9.17) is 18.9 Å². The molecule has 34 heavy (non-hydrogen) atoms. The van der Waals surface area contributed by atoms with Crippen molar-refractivity contribution in [3.63, 3.8) is 0 Å². The Kier molecular flexibility index (Phi) is 13.8. The fourth-order valence-corrected chi connectivity index (χ4v) is 4.07. The Morgan fingerprint density at radius 2 is 1.62 bits per heavy atom. The lowest BCUT2D eigenvalue weighted by Gasteiger charge is -2.16. The van der Waals surface area contributed by atoms with Gasteiger partial charge in [0.25, 0.3) is 0 Å². The standard InChI is InChI=1S/C27H42O7/c1-3-5-7-8-9-10-11-12-13-14-16-21(15-6-4-2)33-24(29)17-18-25(30)34-23-20-32-26-22(28)19-31-27(23)26/h4,6,14-16,22-23,26-28H,3,5,7-13,17-20H2,1-2H3/t22-,23+,26-,27+/m1/s1. The first-order valence-electron chi connectivity index (χ1n) is 12.9. The van der Waals surface area contributed by atoms with Gasteiger partial charge in [0.05, 0.1) is 26.1 Å². The van der Waals surface area contributed by atoms with E-state index in [0.717, 1.165) is 12.8 Å². The van der Waals surface area contributed by atoms with E-state index in [1.165, 1.54) is 44.9 Å². The van der Waals surface area contributed by atoms with Gasteiger partial charge in [-0.3, -0.25) is 9.59 Å². The molecule has 0 aromatic heterocycles. The number of unbranched alkanes of at least 4 members (excludes halogenated alkanes) is 8. The summed E-state index contributed by atoms with van der Waals surface area (Å²) in [6, 6.07) is 0. The number of hydrogen-bond acceptors (Lipinski definition) is 7. The number of allylic oxidation sites excluding steroid dienone is 5. The van der Waals surface area contributed by atoms with Gasteiger partial charge in [0.1, 0.15) is 24.1 Å². The third kappa shape index (κ3) is 10.5. The van der Waals surface area contributed by atoms with Crippen molar-refractivity contribution in [2.24, 2.45) is 0 Å². The average molecular weight is 479 g/mol. The minimum atomic E-state index is -0.699. The Balaban J connectivity index is 1.64. The summed E-state index contributed by atoms with van der Waals surface area (Å²) in [6.45, 7) is 4.48. The quantitative estimate of drug-likeness (QED) is 0.146. The summed E-state index contributed by atoms with van der Waals surface area (Å²) in [4.78, 5) is 24.4. The zero-order chi connectivity index (χ0) is 24.6. The molecule has 7 heteroatoms. The van der Waals surface area contributed by atoms with Crippen LogP contribution in [0.25, 0.3) is 0 Å². The summed E-state index contributed by atoms with van der Waals surface area (Å²) in [7, 11) is 0. The zero-order valence-electron chi connectivity index (χ0n) is 20.8. The van der Waals surface area contributed by atoms with Gasteiger partial charge in [0.2, 0.25) is 0 Å². The molecule has 0 radical (unpaired) electrons. The van der Waals surface area contributed by atoms with E-state index < -0.39 is 36.4 Å². The summed E-state index contributed by atoms with van der Waals surface area (Å²) in [5, 5.41) is 9.76. The SMILES string of the molecule is CC=CC=C(C=CCCCCCCCCCC)OC(=O)CCC(=O)O[C@H]1CO[C@H]2[C@H]1OC[C@H]2O. The third-order valence-electron chi connectivity index (χ3n) is 5.99. The highest BCUT2D eigenvalue weighted by atomic mass is 16.6. The number of carbonyl (C=O) groups excluding carboxylic acids is 2. The monoisotopic (exact) mass is 478 g/mol. The van der Waals surface area contributed by atoms with E-state index in [1.54, 1.807) is 6.08 Å². The van der Waals surface area contributed by atoms with Crippen LogP contribution < -0.4 is 0 Å². The topological polar surface area (TPSA) is 91.3 Å². The van der Waals surface area contributed by atoms with Crippen molar-refractivity contribution < 1.29 is 33.6 Å². The van der Waals surface area contributed by atoms with Crippen LogP contribution in [0.5, 0.6) is 0 Å². The molecule has 0 aliphatic carbocycles. The largest absolute Gasteiger partial charge is 0.457 e. The van der Waals surface area contributed by atoms with Gasteiger partial charge in [0.15, 0.2) is 6.10 Å². The number of carbonyl (C=O) groups is 2. The lowest BCUT2D eigenvalue weighted by atomic mass is 10.1. The summed E-state index contributed by atoms with van der Waals surface area (Å²) >= 11 is 0. The molecule has 0 spiro atoms. The molecule has 0 bridgehead atoms. The van der Waals surface area contributed by atoms with E-state index in [1.807, 2.05) is 31.2 Å². The van der Waals surface area contributed by atoms with Gasteiger partial charge >= 0.3 is 11.9 Å². The smallest absolute Gasteiger partial charge is 0.311 e. The van der Waals surface area contributed by atoms with E-state index in [2.05, 4.69) is 6.92 Å². The fourth-order valence-electron chi connectivity index (χ4n) is 4.07. The van der Waals surface area contributed by atoms with Crippen LogP contribution in [0, 0.1) is 0 Å². The maximum atomic E-state index is 12.3. The molecular weight excluding hydrogens is 436 g/mol. The van der Waals surface area contributed by atoms with Crippen LogP contribution >= 0.6 is 0 Å². The van der Waals surface area contributed by atoms with E-state index in [-0.39, 0.29) is 26.1 Å². The number of ether oxygens (including phenoxy) is 4. The number of hydrogen-bond donors (Lipinski definition) is 1. The van der Waals surface area contributed by atoms with Gasteiger partial charge in [-0.15, -0.1) is 0 Å². The molecule has 2 aliphatic rings. The molecule has 7 nitrogen and oxygen atoms in total. The molecule has 0 unspecified atom stereocenters. The Hall–Kier alpha value is -1.96. The summed E-state index contributed by atoms with van der Waals surface area (Å²) < 4.78 is 21.7. The fraction of sp³-hybridized carbons (Fsp3) is 0.704.